The fourth-order valence-electron chi connectivity index (χ4n) is 12.6. The van der Waals surface area contributed by atoms with E-state index < -0.39 is 0 Å². The van der Waals surface area contributed by atoms with Crippen LogP contribution in [0.3, 0.4) is 0 Å². The second-order valence-electron chi connectivity index (χ2n) is 22.3. The predicted molar refractivity (Wildman–Crippen MR) is 321 cm³/mol. The summed E-state index contributed by atoms with van der Waals surface area (Å²) < 4.78 is 0. The molecule has 0 amide bonds. The Morgan fingerprint density at radius 3 is 1.30 bits per heavy atom. The van der Waals surface area contributed by atoms with Gasteiger partial charge in [0.15, 0.2) is 0 Å². The van der Waals surface area contributed by atoms with Crippen LogP contribution in [0.25, 0.3) is 49.4 Å². The summed E-state index contributed by atoms with van der Waals surface area (Å²) in [4.78, 5) is 4.24. The van der Waals surface area contributed by atoms with Crippen LogP contribution in [0.2, 0.25) is 5.82 Å². The molecular formula is C71H59BS2. The molecule has 0 spiro atoms. The van der Waals surface area contributed by atoms with Crippen molar-refractivity contribution < 1.29 is 0 Å². The lowest BCUT2D eigenvalue weighted by molar-refractivity contribution is 0.639. The summed E-state index contributed by atoms with van der Waals surface area (Å²) in [6.45, 7) is 14.6. The summed E-state index contributed by atoms with van der Waals surface area (Å²) >= 11 is 4.10. The van der Waals surface area contributed by atoms with Gasteiger partial charge in [-0.3, -0.25) is 0 Å². The first-order chi connectivity index (χ1) is 35.9. The van der Waals surface area contributed by atoms with Crippen molar-refractivity contribution in [3.8, 4) is 22.3 Å². The van der Waals surface area contributed by atoms with Gasteiger partial charge in [0.2, 0.25) is 6.71 Å². The molecule has 2 unspecified atom stereocenters. The fraction of sp³-hybridized carbons (Fsp3) is 0.155. The zero-order valence-electron chi connectivity index (χ0n) is 43.1. The van der Waals surface area contributed by atoms with E-state index in [1.807, 2.05) is 11.8 Å². The first-order valence-electron chi connectivity index (χ1n) is 26.3. The minimum absolute atomic E-state index is 0.152. The zero-order valence-corrected chi connectivity index (χ0v) is 44.7. The Bertz CT molecular complexity index is 3810. The van der Waals surface area contributed by atoms with E-state index >= 15 is 0 Å². The first kappa shape index (κ1) is 46.7. The van der Waals surface area contributed by atoms with Crippen LogP contribution < -0.4 is 10.9 Å². The van der Waals surface area contributed by atoms with Gasteiger partial charge >= 0.3 is 0 Å². The third-order valence-corrected chi connectivity index (χ3v) is 19.6. The lowest BCUT2D eigenvalue weighted by Gasteiger charge is -2.44. The van der Waals surface area contributed by atoms with Gasteiger partial charge in [-0.2, -0.15) is 0 Å². The summed E-state index contributed by atoms with van der Waals surface area (Å²) in [5.74, 6) is 0.316. The van der Waals surface area contributed by atoms with E-state index in [0.717, 1.165) is 0 Å². The Hall–Kier alpha value is -7.04. The number of rotatable bonds is 9. The average Bonchev–Trinajstić information content (AvgIpc) is 3.46. The monoisotopic (exact) mass is 986 g/mol. The van der Waals surface area contributed by atoms with Crippen molar-refractivity contribution in [1.82, 2.24) is 0 Å². The topological polar surface area (TPSA) is 0 Å². The quantitative estimate of drug-likeness (QED) is 0.104. The van der Waals surface area contributed by atoms with Crippen molar-refractivity contribution in [1.29, 1.82) is 0 Å². The zero-order chi connectivity index (χ0) is 50.3. The van der Waals surface area contributed by atoms with E-state index in [4.69, 9.17) is 0 Å². The van der Waals surface area contributed by atoms with E-state index in [1.165, 1.54) is 114 Å². The van der Waals surface area contributed by atoms with Gasteiger partial charge in [-0.05, 0) is 123 Å². The van der Waals surface area contributed by atoms with Crippen LogP contribution in [0.4, 0.5) is 0 Å². The van der Waals surface area contributed by atoms with Gasteiger partial charge in [-0.1, -0.05) is 277 Å². The Labute approximate surface area is 446 Å². The number of allylic oxidation sites excluding steroid dienone is 3. The second-order valence-corrected chi connectivity index (χ2v) is 24.7. The van der Waals surface area contributed by atoms with E-state index in [-0.39, 0.29) is 28.2 Å². The highest BCUT2D eigenvalue weighted by Crippen LogP contribution is 2.56. The summed E-state index contributed by atoms with van der Waals surface area (Å²) in [5.41, 5.74) is 17.9. The maximum atomic E-state index is 2.65. The molecule has 3 aliphatic rings. The largest absolute Gasteiger partial charge is 0.221 e. The molecule has 1 aliphatic carbocycles. The first-order valence-corrected chi connectivity index (χ1v) is 28.0. The number of thioether (sulfide) groups is 2. The molecule has 10 aromatic carbocycles. The highest BCUT2D eigenvalue weighted by Gasteiger charge is 2.48. The molecule has 358 valence electrons. The maximum Gasteiger partial charge on any atom is 0.221 e. The van der Waals surface area contributed by atoms with Gasteiger partial charge in [-0.15, -0.1) is 11.8 Å². The van der Waals surface area contributed by atoms with Gasteiger partial charge in [0.25, 0.3) is 0 Å². The summed E-state index contributed by atoms with van der Waals surface area (Å²) in [6.07, 6.45) is 5.23. The Morgan fingerprint density at radius 1 is 0.365 bits per heavy atom. The van der Waals surface area contributed by atoms with Crippen LogP contribution >= 0.6 is 23.5 Å². The molecule has 74 heavy (non-hydrogen) atoms. The molecule has 0 N–H and O–H groups in total. The van der Waals surface area contributed by atoms with E-state index in [0.29, 0.717) is 5.82 Å². The normalized spacial score (nSPS) is 16.3. The molecule has 0 aromatic heterocycles. The van der Waals surface area contributed by atoms with Crippen molar-refractivity contribution in [3.05, 3.63) is 280 Å². The van der Waals surface area contributed by atoms with Gasteiger partial charge < -0.3 is 0 Å². The van der Waals surface area contributed by atoms with Gasteiger partial charge in [0.05, 0.1) is 0 Å². The molecule has 0 saturated heterocycles. The molecule has 2 aliphatic heterocycles. The van der Waals surface area contributed by atoms with Crippen molar-refractivity contribution in [3.63, 3.8) is 0 Å². The summed E-state index contributed by atoms with van der Waals surface area (Å²) in [7, 11) is 0. The van der Waals surface area contributed by atoms with E-state index in [9.17, 15) is 0 Å². The average molecular weight is 987 g/mol. The molecule has 0 fully saturated rings. The molecule has 10 aromatic rings. The van der Waals surface area contributed by atoms with Crippen LogP contribution in [-0.2, 0) is 16.2 Å². The van der Waals surface area contributed by atoms with E-state index in [2.05, 4.69) is 290 Å². The molecule has 2 atom stereocenters. The van der Waals surface area contributed by atoms with Crippen molar-refractivity contribution in [2.45, 2.75) is 78.6 Å². The van der Waals surface area contributed by atoms with Gasteiger partial charge in [-0.25, -0.2) is 0 Å². The van der Waals surface area contributed by atoms with Crippen molar-refractivity contribution in [2.75, 3.05) is 0 Å². The van der Waals surface area contributed by atoms with Crippen LogP contribution in [0, 0.1) is 0 Å². The highest BCUT2D eigenvalue weighted by atomic mass is 32.2. The van der Waals surface area contributed by atoms with Crippen LogP contribution in [0.5, 0.6) is 0 Å². The molecular weight excluding hydrogens is 928 g/mol. The number of hydrogen-bond donors (Lipinski definition) is 0. The predicted octanol–water partition coefficient (Wildman–Crippen LogP) is 17.8. The maximum absolute atomic E-state index is 2.65. The third kappa shape index (κ3) is 7.77. The Balaban J connectivity index is 1.03. The fourth-order valence-corrected chi connectivity index (χ4v) is 15.5. The van der Waals surface area contributed by atoms with Crippen molar-refractivity contribution >= 4 is 68.3 Å². The van der Waals surface area contributed by atoms with Crippen molar-refractivity contribution in [2.24, 2.45) is 0 Å². The number of fused-ring (bicyclic) bond motifs is 6. The summed E-state index contributed by atoms with van der Waals surface area (Å²) in [5, 5.41) is 5.32. The lowest BCUT2D eigenvalue weighted by atomic mass is 9.32. The SMILES string of the molecule is CC(C)(c1ccccc1)c1cc(C2=CC3Sc4cc(C(C)(C)c5ccccc5)ccc4B4c5ccc(C(C)(C)c6ccccc6)cc5SC(=C2)C43)cc(-c2c3ccccc3c(-c3ccccc3)c3ccccc23)c1. The molecule has 0 saturated carbocycles. The molecule has 0 nitrogen and oxygen atoms in total. The minimum atomic E-state index is -0.279. The Kier molecular flexibility index (Phi) is 11.4. The Morgan fingerprint density at radius 2 is 0.784 bits per heavy atom. The standard InChI is InChI=1S/C71H59BS2/c1-69(2,50-25-13-8-14-26-50)53-35-37-60-62(44-53)73-64-42-48(43-65-68(64)72(60)61-38-36-54(45-63(61)74-65)70(3,4)51-27-15-9-16-28-51)47-39-49(41-55(40-47)71(5,6)52-29-17-10-18-30-52)67-58-33-21-19-31-56(58)66(46-23-11-7-12-24-46)57-32-20-22-34-59(57)67/h7-45,64,68H,1-6H3. The molecule has 13 rings (SSSR count). The number of benzene rings is 10. The molecule has 0 bridgehead atoms. The van der Waals surface area contributed by atoms with Gasteiger partial charge in [0, 0.05) is 31.3 Å². The van der Waals surface area contributed by atoms with Crippen LogP contribution in [-0.4, -0.2) is 12.0 Å². The minimum Gasteiger partial charge on any atom is -0.119 e. The second kappa shape index (κ2) is 18.1. The van der Waals surface area contributed by atoms with E-state index in [1.54, 1.807) is 0 Å². The highest BCUT2D eigenvalue weighted by molar-refractivity contribution is 8.04. The lowest BCUT2D eigenvalue weighted by Crippen LogP contribution is -2.55. The molecule has 0 radical (unpaired) electrons. The van der Waals surface area contributed by atoms with Gasteiger partial charge in [0.1, 0.15) is 0 Å². The summed E-state index contributed by atoms with van der Waals surface area (Å²) in [6, 6.07) is 84.7. The third-order valence-electron chi connectivity index (χ3n) is 17.1. The molecule has 2 heterocycles. The smallest absolute Gasteiger partial charge is 0.119 e. The number of hydrogen-bond acceptors (Lipinski definition) is 2. The van der Waals surface area contributed by atoms with Crippen LogP contribution in [0.15, 0.2) is 251 Å². The van der Waals surface area contributed by atoms with Crippen LogP contribution in [0.1, 0.15) is 80.5 Å². The molecule has 3 heteroatoms.